The van der Waals surface area contributed by atoms with Crippen molar-refractivity contribution >= 4 is 23.7 Å². The van der Waals surface area contributed by atoms with Gasteiger partial charge in [0.05, 0.1) is 11.9 Å². The summed E-state index contributed by atoms with van der Waals surface area (Å²) < 4.78 is 26.0. The number of nitrogens with two attached hydrogens (primary N) is 1. The van der Waals surface area contributed by atoms with Crippen LogP contribution in [0.2, 0.25) is 0 Å². The Hall–Kier alpha value is -3.23. The SMILES string of the molecule is Cc1c(N)cncc1Cc1ccnc(N(C(=O)OC(C)(C)C)C(=O)OC(C)(C)C)c1F. The zero-order valence-electron chi connectivity index (χ0n) is 18.9. The number of amides is 2. The van der Waals surface area contributed by atoms with Crippen molar-refractivity contribution in [3.05, 3.63) is 47.2 Å². The van der Waals surface area contributed by atoms with Crippen molar-refractivity contribution in [3.8, 4) is 0 Å². The van der Waals surface area contributed by atoms with Crippen molar-refractivity contribution in [1.82, 2.24) is 9.97 Å². The molecule has 0 aliphatic carbocycles. The quantitative estimate of drug-likeness (QED) is 0.744. The molecule has 0 spiro atoms. The van der Waals surface area contributed by atoms with Gasteiger partial charge in [-0.1, -0.05) is 0 Å². The zero-order chi connectivity index (χ0) is 23.6. The van der Waals surface area contributed by atoms with Crippen LogP contribution in [0.3, 0.4) is 0 Å². The summed E-state index contributed by atoms with van der Waals surface area (Å²) in [5.74, 6) is -1.35. The molecular formula is C22H29FN4O4. The topological polar surface area (TPSA) is 108 Å². The molecule has 2 rings (SSSR count). The summed E-state index contributed by atoms with van der Waals surface area (Å²) in [7, 11) is 0. The van der Waals surface area contributed by atoms with E-state index in [2.05, 4.69) is 9.97 Å². The second kappa shape index (κ2) is 8.87. The van der Waals surface area contributed by atoms with Crippen molar-refractivity contribution in [1.29, 1.82) is 0 Å². The Morgan fingerprint density at radius 1 is 1.03 bits per heavy atom. The number of hydrogen-bond donors (Lipinski definition) is 1. The molecule has 0 saturated carbocycles. The number of carbonyl (C=O) groups is 2. The van der Waals surface area contributed by atoms with E-state index in [4.69, 9.17) is 15.2 Å². The molecule has 0 radical (unpaired) electrons. The first-order chi connectivity index (χ1) is 14.2. The van der Waals surface area contributed by atoms with E-state index in [-0.39, 0.29) is 12.0 Å². The molecule has 0 bridgehead atoms. The molecule has 0 aromatic carbocycles. The first-order valence-electron chi connectivity index (χ1n) is 9.78. The molecule has 2 amide bonds. The molecule has 2 aromatic rings. The maximum atomic E-state index is 15.5. The second-order valence-electron chi connectivity index (χ2n) is 9.09. The van der Waals surface area contributed by atoms with Gasteiger partial charge in [-0.15, -0.1) is 0 Å². The number of hydrogen-bond acceptors (Lipinski definition) is 7. The number of pyridine rings is 2. The fraction of sp³-hybridized carbons (Fsp3) is 0.455. The highest BCUT2D eigenvalue weighted by Crippen LogP contribution is 2.27. The van der Waals surface area contributed by atoms with Crippen LogP contribution >= 0.6 is 0 Å². The van der Waals surface area contributed by atoms with E-state index in [0.29, 0.717) is 16.2 Å². The summed E-state index contributed by atoms with van der Waals surface area (Å²) in [5.41, 5.74) is 6.21. The van der Waals surface area contributed by atoms with E-state index >= 15 is 4.39 Å². The number of imide groups is 1. The normalized spacial score (nSPS) is 11.7. The minimum atomic E-state index is -1.09. The molecule has 0 atom stereocenters. The molecule has 0 aliphatic rings. The molecule has 0 unspecified atom stereocenters. The maximum Gasteiger partial charge on any atom is 0.425 e. The summed E-state index contributed by atoms with van der Waals surface area (Å²) in [5, 5.41) is 0. The minimum absolute atomic E-state index is 0.141. The van der Waals surface area contributed by atoms with Gasteiger partial charge in [0.25, 0.3) is 0 Å². The highest BCUT2D eigenvalue weighted by atomic mass is 19.1. The molecular weight excluding hydrogens is 403 g/mol. The lowest BCUT2D eigenvalue weighted by Gasteiger charge is -2.28. The zero-order valence-corrected chi connectivity index (χ0v) is 18.9. The van der Waals surface area contributed by atoms with Crippen LogP contribution < -0.4 is 10.6 Å². The summed E-state index contributed by atoms with van der Waals surface area (Å²) in [6.07, 6.45) is 2.37. The molecule has 2 N–H and O–H groups in total. The summed E-state index contributed by atoms with van der Waals surface area (Å²) in [4.78, 5) is 34.0. The lowest BCUT2D eigenvalue weighted by Crippen LogP contribution is -2.44. The van der Waals surface area contributed by atoms with Gasteiger partial charge in [-0.2, -0.15) is 4.90 Å². The van der Waals surface area contributed by atoms with Gasteiger partial charge in [0, 0.05) is 18.8 Å². The fourth-order valence-electron chi connectivity index (χ4n) is 2.60. The van der Waals surface area contributed by atoms with Gasteiger partial charge in [-0.25, -0.2) is 19.0 Å². The van der Waals surface area contributed by atoms with E-state index in [9.17, 15) is 9.59 Å². The molecule has 2 aromatic heterocycles. The molecule has 9 heteroatoms. The largest absolute Gasteiger partial charge is 0.443 e. The molecule has 2 heterocycles. The second-order valence-corrected chi connectivity index (χ2v) is 9.09. The third kappa shape index (κ3) is 6.37. The van der Waals surface area contributed by atoms with E-state index in [1.807, 2.05) is 0 Å². The summed E-state index contributed by atoms with van der Waals surface area (Å²) in [6, 6.07) is 1.46. The van der Waals surface area contributed by atoms with Crippen molar-refractivity contribution in [2.24, 2.45) is 0 Å². The predicted molar refractivity (Wildman–Crippen MR) is 115 cm³/mol. The number of carbonyl (C=O) groups excluding carboxylic acids is 2. The molecule has 0 saturated heterocycles. The number of nitrogen functional groups attached to an aromatic ring is 1. The van der Waals surface area contributed by atoms with Crippen LogP contribution in [-0.2, 0) is 15.9 Å². The molecule has 168 valence electrons. The smallest absolute Gasteiger partial charge is 0.425 e. The van der Waals surface area contributed by atoms with Crippen molar-refractivity contribution in [3.63, 3.8) is 0 Å². The third-order valence-electron chi connectivity index (χ3n) is 4.05. The summed E-state index contributed by atoms with van der Waals surface area (Å²) >= 11 is 0. The lowest BCUT2D eigenvalue weighted by atomic mass is 10.0. The number of rotatable bonds is 3. The maximum absolute atomic E-state index is 15.5. The third-order valence-corrected chi connectivity index (χ3v) is 4.05. The highest BCUT2D eigenvalue weighted by Gasteiger charge is 2.35. The van der Waals surface area contributed by atoms with Crippen LogP contribution in [0.15, 0.2) is 24.7 Å². The number of anilines is 2. The van der Waals surface area contributed by atoms with Crippen molar-refractivity contribution in [2.45, 2.75) is 66.1 Å². The predicted octanol–water partition coefficient (Wildman–Crippen LogP) is 4.77. The van der Waals surface area contributed by atoms with Gasteiger partial charge in [0.1, 0.15) is 11.2 Å². The summed E-state index contributed by atoms with van der Waals surface area (Å²) in [6.45, 7) is 11.6. The minimum Gasteiger partial charge on any atom is -0.443 e. The average Bonchev–Trinajstić information content (AvgIpc) is 2.59. The number of nitrogens with zero attached hydrogens (tertiary/aromatic N) is 3. The van der Waals surface area contributed by atoms with Crippen LogP contribution in [-0.4, -0.2) is 33.4 Å². The Morgan fingerprint density at radius 3 is 2.10 bits per heavy atom. The van der Waals surface area contributed by atoms with E-state index in [1.54, 1.807) is 54.7 Å². The van der Waals surface area contributed by atoms with Crippen LogP contribution in [0.25, 0.3) is 0 Å². The van der Waals surface area contributed by atoms with Gasteiger partial charge in [-0.05, 0) is 71.2 Å². The Morgan fingerprint density at radius 2 is 1.58 bits per heavy atom. The number of halogens is 1. The fourth-order valence-corrected chi connectivity index (χ4v) is 2.60. The van der Waals surface area contributed by atoms with Gasteiger partial charge in [-0.3, -0.25) is 4.98 Å². The highest BCUT2D eigenvalue weighted by molar-refractivity contribution is 6.08. The van der Waals surface area contributed by atoms with Gasteiger partial charge < -0.3 is 15.2 Å². The van der Waals surface area contributed by atoms with Crippen LogP contribution in [0.4, 0.5) is 25.5 Å². The standard InChI is InChI=1S/C22H29FN4O4/c1-13-15(11-25-12-16(13)24)10-14-8-9-26-18(17(14)23)27(19(28)30-21(2,3)4)20(29)31-22(5,6)7/h8-9,11-12H,10,24H2,1-7H3. The van der Waals surface area contributed by atoms with Crippen LogP contribution in [0.5, 0.6) is 0 Å². The Balaban J connectivity index is 2.50. The number of ether oxygens (including phenoxy) is 2. The monoisotopic (exact) mass is 432 g/mol. The first kappa shape index (κ1) is 24.0. The average molecular weight is 432 g/mol. The number of aromatic nitrogens is 2. The Bertz CT molecular complexity index is 952. The van der Waals surface area contributed by atoms with Crippen molar-refractivity contribution in [2.75, 3.05) is 10.6 Å². The Kier molecular flexibility index (Phi) is 6.88. The van der Waals surface area contributed by atoms with Crippen LogP contribution in [0, 0.1) is 12.7 Å². The Labute approximate surface area is 181 Å². The lowest BCUT2D eigenvalue weighted by molar-refractivity contribution is 0.0427. The molecule has 0 aliphatic heterocycles. The van der Waals surface area contributed by atoms with Gasteiger partial charge >= 0.3 is 12.2 Å². The first-order valence-corrected chi connectivity index (χ1v) is 9.78. The van der Waals surface area contributed by atoms with E-state index in [0.717, 1.165) is 5.56 Å². The van der Waals surface area contributed by atoms with E-state index < -0.39 is 35.0 Å². The molecule has 31 heavy (non-hydrogen) atoms. The van der Waals surface area contributed by atoms with Crippen LogP contribution in [0.1, 0.15) is 58.2 Å². The van der Waals surface area contributed by atoms with Gasteiger partial charge in [0.2, 0.25) is 0 Å². The van der Waals surface area contributed by atoms with Gasteiger partial charge in [0.15, 0.2) is 11.6 Å². The molecule has 0 fully saturated rings. The van der Waals surface area contributed by atoms with E-state index in [1.165, 1.54) is 18.5 Å². The van der Waals surface area contributed by atoms with Crippen molar-refractivity contribution < 1.29 is 23.5 Å². The molecule has 8 nitrogen and oxygen atoms in total.